The van der Waals surface area contributed by atoms with E-state index in [2.05, 4.69) is 61.7 Å². The van der Waals surface area contributed by atoms with Crippen molar-refractivity contribution >= 4 is 29.9 Å². The number of hydrogen-bond acceptors (Lipinski definition) is 2. The molecule has 0 spiro atoms. The molecule has 0 saturated carbocycles. The summed E-state index contributed by atoms with van der Waals surface area (Å²) in [5.41, 5.74) is 1.47. The summed E-state index contributed by atoms with van der Waals surface area (Å²) < 4.78 is 5.59. The maximum Gasteiger partial charge on any atom is 0.191 e. The van der Waals surface area contributed by atoms with Crippen molar-refractivity contribution in [2.75, 3.05) is 26.3 Å². The number of benzene rings is 1. The highest BCUT2D eigenvalue weighted by Gasteiger charge is 2.34. The Balaban J connectivity index is 0.00000264. The fourth-order valence-electron chi connectivity index (χ4n) is 2.92. The van der Waals surface area contributed by atoms with Gasteiger partial charge in [-0.3, -0.25) is 4.99 Å². The molecule has 2 N–H and O–H groups in total. The third kappa shape index (κ3) is 5.95. The van der Waals surface area contributed by atoms with Gasteiger partial charge in [0.05, 0.1) is 6.54 Å². The number of hydrogen-bond donors (Lipinski definition) is 2. The SMILES string of the molecule is CCNC(=NCC1(c2ccccc2)CCOCC1)NC(C)C.I. The van der Waals surface area contributed by atoms with Crippen molar-refractivity contribution in [3.8, 4) is 0 Å². The summed E-state index contributed by atoms with van der Waals surface area (Å²) in [6, 6.07) is 11.1. The number of halogens is 1. The molecule has 1 saturated heterocycles. The van der Waals surface area contributed by atoms with E-state index in [0.29, 0.717) is 6.04 Å². The second kappa shape index (κ2) is 10.1. The van der Waals surface area contributed by atoms with Crippen LogP contribution in [-0.2, 0) is 10.2 Å². The molecule has 23 heavy (non-hydrogen) atoms. The van der Waals surface area contributed by atoms with E-state index < -0.39 is 0 Å². The summed E-state index contributed by atoms with van der Waals surface area (Å²) in [6.45, 7) is 9.67. The second-order valence-electron chi connectivity index (χ2n) is 6.25. The van der Waals surface area contributed by atoms with Crippen molar-refractivity contribution in [1.82, 2.24) is 10.6 Å². The van der Waals surface area contributed by atoms with Gasteiger partial charge < -0.3 is 15.4 Å². The molecule has 5 heteroatoms. The quantitative estimate of drug-likeness (QED) is 0.427. The fraction of sp³-hybridized carbons (Fsp3) is 0.611. The van der Waals surface area contributed by atoms with Crippen LogP contribution >= 0.6 is 24.0 Å². The molecule has 0 atom stereocenters. The molecule has 0 aliphatic carbocycles. The maximum atomic E-state index is 5.59. The van der Waals surface area contributed by atoms with Crippen molar-refractivity contribution < 1.29 is 4.74 Å². The van der Waals surface area contributed by atoms with E-state index in [4.69, 9.17) is 9.73 Å². The third-order valence-electron chi connectivity index (χ3n) is 4.15. The monoisotopic (exact) mass is 431 g/mol. The van der Waals surface area contributed by atoms with Gasteiger partial charge in [0.25, 0.3) is 0 Å². The minimum atomic E-state index is 0. The molecule has 0 amide bonds. The molecule has 1 aromatic carbocycles. The van der Waals surface area contributed by atoms with Crippen molar-refractivity contribution in [2.45, 2.75) is 45.1 Å². The van der Waals surface area contributed by atoms with Crippen LogP contribution in [0.2, 0.25) is 0 Å². The second-order valence-corrected chi connectivity index (χ2v) is 6.25. The topological polar surface area (TPSA) is 45.7 Å². The van der Waals surface area contributed by atoms with Crippen molar-refractivity contribution in [1.29, 1.82) is 0 Å². The van der Waals surface area contributed by atoms with Crippen LogP contribution in [0.4, 0.5) is 0 Å². The van der Waals surface area contributed by atoms with Crippen LogP contribution in [0.15, 0.2) is 35.3 Å². The Kier molecular flexibility index (Phi) is 8.91. The van der Waals surface area contributed by atoms with Crippen LogP contribution in [0.3, 0.4) is 0 Å². The Morgan fingerprint density at radius 1 is 1.22 bits per heavy atom. The molecule has 1 aliphatic rings. The summed E-state index contributed by atoms with van der Waals surface area (Å²) in [5.74, 6) is 0.902. The minimum Gasteiger partial charge on any atom is -0.381 e. The predicted molar refractivity (Wildman–Crippen MR) is 108 cm³/mol. The predicted octanol–water partition coefficient (Wildman–Crippen LogP) is 3.32. The first-order chi connectivity index (χ1) is 10.7. The van der Waals surface area contributed by atoms with Crippen LogP contribution < -0.4 is 10.6 Å². The Hall–Kier alpha value is -0.820. The van der Waals surface area contributed by atoms with Crippen molar-refractivity contribution in [3.05, 3.63) is 35.9 Å². The third-order valence-corrected chi connectivity index (χ3v) is 4.15. The Labute approximate surface area is 157 Å². The highest BCUT2D eigenvalue weighted by atomic mass is 127. The van der Waals surface area contributed by atoms with Crippen molar-refractivity contribution in [3.63, 3.8) is 0 Å². The van der Waals surface area contributed by atoms with Gasteiger partial charge in [-0.05, 0) is 39.2 Å². The van der Waals surface area contributed by atoms with Crippen LogP contribution in [0.25, 0.3) is 0 Å². The van der Waals surface area contributed by atoms with Gasteiger partial charge >= 0.3 is 0 Å². The lowest BCUT2D eigenvalue weighted by Gasteiger charge is -2.36. The summed E-state index contributed by atoms with van der Waals surface area (Å²) in [5, 5.41) is 6.73. The summed E-state index contributed by atoms with van der Waals surface area (Å²) in [6.07, 6.45) is 2.06. The molecule has 0 aromatic heterocycles. The first kappa shape index (κ1) is 20.2. The Bertz CT molecular complexity index is 470. The number of nitrogens with one attached hydrogen (secondary N) is 2. The zero-order chi connectivity index (χ0) is 15.8. The fourth-order valence-corrected chi connectivity index (χ4v) is 2.92. The van der Waals surface area contributed by atoms with Gasteiger partial charge in [-0.1, -0.05) is 30.3 Å². The van der Waals surface area contributed by atoms with Gasteiger partial charge in [0.15, 0.2) is 5.96 Å². The first-order valence-electron chi connectivity index (χ1n) is 8.34. The van der Waals surface area contributed by atoms with Gasteiger partial charge in [0, 0.05) is 31.2 Å². The molecule has 0 bridgehead atoms. The maximum absolute atomic E-state index is 5.59. The molecule has 0 unspecified atom stereocenters. The molecular formula is C18H30IN3O. The standard InChI is InChI=1S/C18H29N3O.HI/c1-4-19-17(21-15(2)3)20-14-18(10-12-22-13-11-18)16-8-6-5-7-9-16;/h5-9,15H,4,10-14H2,1-3H3,(H2,19,20,21);1H. The van der Waals surface area contributed by atoms with E-state index >= 15 is 0 Å². The van der Waals surface area contributed by atoms with Gasteiger partial charge in [0.2, 0.25) is 0 Å². The van der Waals surface area contributed by atoms with Gasteiger partial charge in [-0.2, -0.15) is 0 Å². The molecule has 2 rings (SSSR count). The van der Waals surface area contributed by atoms with Crippen LogP contribution in [0.5, 0.6) is 0 Å². The largest absolute Gasteiger partial charge is 0.381 e. The van der Waals surface area contributed by atoms with E-state index in [1.165, 1.54) is 5.56 Å². The molecule has 130 valence electrons. The van der Waals surface area contributed by atoms with E-state index in [9.17, 15) is 0 Å². The molecule has 1 aliphatic heterocycles. The molecular weight excluding hydrogens is 401 g/mol. The zero-order valence-corrected chi connectivity index (χ0v) is 16.8. The summed E-state index contributed by atoms with van der Waals surface area (Å²) in [4.78, 5) is 4.86. The normalized spacial score (nSPS) is 17.5. The van der Waals surface area contributed by atoms with E-state index in [1.807, 2.05) is 0 Å². The molecule has 4 nitrogen and oxygen atoms in total. The zero-order valence-electron chi connectivity index (χ0n) is 14.5. The van der Waals surface area contributed by atoms with Gasteiger partial charge in [-0.25, -0.2) is 0 Å². The lowest BCUT2D eigenvalue weighted by Crippen LogP contribution is -2.43. The van der Waals surface area contributed by atoms with Gasteiger partial charge in [-0.15, -0.1) is 24.0 Å². The van der Waals surface area contributed by atoms with E-state index in [1.54, 1.807) is 0 Å². The number of aliphatic imine (C=N–C) groups is 1. The van der Waals surface area contributed by atoms with Gasteiger partial charge in [0.1, 0.15) is 0 Å². The average molecular weight is 431 g/mol. The minimum absolute atomic E-state index is 0. The molecule has 1 fully saturated rings. The van der Waals surface area contributed by atoms with Crippen LogP contribution in [0, 0.1) is 0 Å². The molecule has 0 radical (unpaired) electrons. The molecule has 1 aromatic rings. The number of rotatable bonds is 5. The Morgan fingerprint density at radius 3 is 2.43 bits per heavy atom. The Morgan fingerprint density at radius 2 is 1.87 bits per heavy atom. The molecule has 1 heterocycles. The number of ether oxygens (including phenoxy) is 1. The average Bonchev–Trinajstić information content (AvgIpc) is 2.54. The smallest absolute Gasteiger partial charge is 0.191 e. The van der Waals surface area contributed by atoms with Crippen LogP contribution in [0.1, 0.15) is 39.2 Å². The highest BCUT2D eigenvalue weighted by Crippen LogP contribution is 2.35. The van der Waals surface area contributed by atoms with E-state index in [-0.39, 0.29) is 29.4 Å². The summed E-state index contributed by atoms with van der Waals surface area (Å²) in [7, 11) is 0. The lowest BCUT2D eigenvalue weighted by atomic mass is 9.74. The summed E-state index contributed by atoms with van der Waals surface area (Å²) >= 11 is 0. The number of nitrogens with zero attached hydrogens (tertiary/aromatic N) is 1. The first-order valence-corrected chi connectivity index (χ1v) is 8.34. The van der Waals surface area contributed by atoms with E-state index in [0.717, 1.165) is 45.1 Å². The highest BCUT2D eigenvalue weighted by molar-refractivity contribution is 14.0. The van der Waals surface area contributed by atoms with Crippen molar-refractivity contribution in [2.24, 2.45) is 4.99 Å². The van der Waals surface area contributed by atoms with Crippen LogP contribution in [-0.4, -0.2) is 38.3 Å². The lowest BCUT2D eigenvalue weighted by molar-refractivity contribution is 0.0531. The number of guanidine groups is 1.